The van der Waals surface area contributed by atoms with Gasteiger partial charge in [0, 0.05) is 5.69 Å². The van der Waals surface area contributed by atoms with Crippen LogP contribution in [0.2, 0.25) is 0 Å². The van der Waals surface area contributed by atoms with Gasteiger partial charge in [-0.2, -0.15) is 0 Å². The van der Waals surface area contributed by atoms with Crippen LogP contribution in [-0.4, -0.2) is 30.8 Å². The van der Waals surface area contributed by atoms with E-state index in [1.165, 1.54) is 0 Å². The maximum absolute atomic E-state index is 13.1. The summed E-state index contributed by atoms with van der Waals surface area (Å²) in [7, 11) is 1.64. The molecular weight excluding hydrogens is 290 g/mol. The van der Waals surface area contributed by atoms with Gasteiger partial charge in [0.1, 0.15) is 11.4 Å². The van der Waals surface area contributed by atoms with E-state index in [2.05, 4.69) is 18.7 Å². The Hall–Kier alpha value is -2.07. The van der Waals surface area contributed by atoms with Crippen LogP contribution in [0.1, 0.15) is 19.8 Å². The monoisotopic (exact) mass is 311 g/mol. The molecule has 1 aromatic carbocycles. The molecular formula is C19H21NO3. The quantitative estimate of drug-likeness (QED) is 0.802. The summed E-state index contributed by atoms with van der Waals surface area (Å²) in [5.74, 6) is 0.865. The molecule has 0 radical (unpaired) electrons. The number of anilines is 1. The van der Waals surface area contributed by atoms with Crippen molar-refractivity contribution in [2.24, 2.45) is 5.92 Å². The van der Waals surface area contributed by atoms with Gasteiger partial charge in [-0.25, -0.2) is 0 Å². The molecule has 1 aromatic rings. The Morgan fingerprint density at radius 3 is 2.78 bits per heavy atom. The molecule has 2 fully saturated rings. The molecule has 4 nitrogen and oxygen atoms in total. The highest BCUT2D eigenvalue weighted by molar-refractivity contribution is 6.01. The maximum atomic E-state index is 13.1. The summed E-state index contributed by atoms with van der Waals surface area (Å²) in [5.41, 5.74) is 1.47. The Bertz CT molecular complexity index is 693. The molecule has 0 aromatic heterocycles. The van der Waals surface area contributed by atoms with Crippen LogP contribution < -0.4 is 9.64 Å². The molecule has 4 heteroatoms. The lowest BCUT2D eigenvalue weighted by molar-refractivity contribution is -0.121. The van der Waals surface area contributed by atoms with Gasteiger partial charge in [0.25, 0.3) is 0 Å². The fourth-order valence-corrected chi connectivity index (χ4v) is 4.21. The molecule has 3 aliphatic heterocycles. The molecule has 1 spiro atoms. The fraction of sp³-hybridized carbons (Fsp3) is 0.421. The predicted molar refractivity (Wildman–Crippen MR) is 88.6 cm³/mol. The van der Waals surface area contributed by atoms with E-state index < -0.39 is 5.60 Å². The third kappa shape index (κ3) is 1.98. The van der Waals surface area contributed by atoms with Crippen molar-refractivity contribution in [3.8, 4) is 5.75 Å². The number of hydrogen-bond acceptors (Lipinski definition) is 3. The topological polar surface area (TPSA) is 38.8 Å². The number of carbonyl (C=O) groups excluding carboxylic acids is 1. The van der Waals surface area contributed by atoms with Crippen molar-refractivity contribution in [1.82, 2.24) is 0 Å². The molecule has 120 valence electrons. The minimum Gasteiger partial charge on any atom is -0.497 e. The number of benzene rings is 1. The second-order valence-electron chi connectivity index (χ2n) is 6.74. The van der Waals surface area contributed by atoms with Crippen molar-refractivity contribution >= 4 is 11.6 Å². The lowest BCUT2D eigenvalue weighted by atomic mass is 9.80. The molecule has 0 saturated carbocycles. The first-order valence-corrected chi connectivity index (χ1v) is 8.04. The molecule has 0 aliphatic carbocycles. The normalized spacial score (nSPS) is 34.1. The van der Waals surface area contributed by atoms with Crippen LogP contribution in [0.25, 0.3) is 0 Å². The summed E-state index contributed by atoms with van der Waals surface area (Å²) in [5, 5.41) is 0. The second-order valence-corrected chi connectivity index (χ2v) is 6.74. The molecule has 3 heterocycles. The van der Waals surface area contributed by atoms with Crippen molar-refractivity contribution in [1.29, 1.82) is 0 Å². The number of amides is 1. The van der Waals surface area contributed by atoms with E-state index in [1.807, 2.05) is 36.1 Å². The summed E-state index contributed by atoms with van der Waals surface area (Å²) in [6, 6.07) is 7.63. The zero-order valence-electron chi connectivity index (χ0n) is 13.5. The van der Waals surface area contributed by atoms with E-state index >= 15 is 0 Å². The van der Waals surface area contributed by atoms with Crippen LogP contribution in [-0.2, 0) is 9.53 Å². The molecule has 3 aliphatic rings. The van der Waals surface area contributed by atoms with Gasteiger partial charge in [-0.05, 0) is 44.0 Å². The lowest BCUT2D eigenvalue weighted by Crippen LogP contribution is -2.45. The van der Waals surface area contributed by atoms with Crippen LogP contribution in [0.4, 0.5) is 5.69 Å². The number of nitrogens with zero attached hydrogens (tertiary/aromatic N) is 1. The highest BCUT2D eigenvalue weighted by Crippen LogP contribution is 2.54. The van der Waals surface area contributed by atoms with Crippen LogP contribution in [0, 0.1) is 5.92 Å². The Kier molecular flexibility index (Phi) is 3.13. The zero-order chi connectivity index (χ0) is 16.2. The van der Waals surface area contributed by atoms with Gasteiger partial charge >= 0.3 is 0 Å². The summed E-state index contributed by atoms with van der Waals surface area (Å²) in [6.45, 7) is 6.06. The van der Waals surface area contributed by atoms with Crippen molar-refractivity contribution in [2.75, 3.05) is 12.0 Å². The van der Waals surface area contributed by atoms with E-state index in [-0.39, 0.29) is 24.0 Å². The van der Waals surface area contributed by atoms with Crippen molar-refractivity contribution < 1.29 is 14.3 Å². The first kappa shape index (κ1) is 14.5. The Morgan fingerprint density at radius 1 is 1.43 bits per heavy atom. The van der Waals surface area contributed by atoms with Gasteiger partial charge in [-0.15, -0.1) is 6.58 Å². The minimum atomic E-state index is -0.485. The minimum absolute atomic E-state index is 0.0327. The number of rotatable bonds is 4. The van der Waals surface area contributed by atoms with E-state index in [9.17, 15) is 4.79 Å². The Morgan fingerprint density at radius 2 is 2.17 bits per heavy atom. The molecule has 2 saturated heterocycles. The van der Waals surface area contributed by atoms with Gasteiger partial charge in [0.15, 0.2) is 0 Å². The Balaban J connectivity index is 1.76. The van der Waals surface area contributed by atoms with Crippen LogP contribution in [0.5, 0.6) is 5.75 Å². The van der Waals surface area contributed by atoms with E-state index in [0.29, 0.717) is 0 Å². The van der Waals surface area contributed by atoms with Gasteiger partial charge < -0.3 is 14.4 Å². The Labute approximate surface area is 136 Å². The lowest BCUT2D eigenvalue weighted by Gasteiger charge is -2.33. The highest BCUT2D eigenvalue weighted by atomic mass is 16.5. The van der Waals surface area contributed by atoms with Gasteiger partial charge in [-0.1, -0.05) is 17.7 Å². The number of hydrogen-bond donors (Lipinski definition) is 0. The SMILES string of the molecule is C=C(C)C[C@H]1N(c2ccc(OC)cc2)C(=O)[C@@H]2C[C@H]3C=C[C@]21O3. The summed E-state index contributed by atoms with van der Waals surface area (Å²) in [4.78, 5) is 15.0. The average Bonchev–Trinajstić information content (AvgIpc) is 3.18. The number of ether oxygens (including phenoxy) is 2. The summed E-state index contributed by atoms with van der Waals surface area (Å²) < 4.78 is 11.4. The summed E-state index contributed by atoms with van der Waals surface area (Å²) in [6.07, 6.45) is 5.84. The second kappa shape index (κ2) is 4.96. The van der Waals surface area contributed by atoms with Gasteiger partial charge in [0.2, 0.25) is 5.91 Å². The third-order valence-electron chi connectivity index (χ3n) is 5.20. The van der Waals surface area contributed by atoms with Crippen molar-refractivity contribution in [2.45, 2.75) is 37.5 Å². The number of carbonyl (C=O) groups is 1. The number of methoxy groups -OCH3 is 1. The molecule has 2 bridgehead atoms. The smallest absolute Gasteiger partial charge is 0.233 e. The van der Waals surface area contributed by atoms with Crippen molar-refractivity contribution in [3.63, 3.8) is 0 Å². The summed E-state index contributed by atoms with van der Waals surface area (Å²) >= 11 is 0. The van der Waals surface area contributed by atoms with Crippen LogP contribution in [0.3, 0.4) is 0 Å². The first-order valence-electron chi connectivity index (χ1n) is 8.04. The van der Waals surface area contributed by atoms with Gasteiger partial charge in [0.05, 0.1) is 25.2 Å². The van der Waals surface area contributed by atoms with E-state index in [1.54, 1.807) is 7.11 Å². The highest BCUT2D eigenvalue weighted by Gasteiger charge is 2.65. The predicted octanol–water partition coefficient (Wildman–Crippen LogP) is 3.09. The molecule has 4 rings (SSSR count). The first-order chi connectivity index (χ1) is 11.0. The van der Waals surface area contributed by atoms with Crippen LogP contribution in [0.15, 0.2) is 48.6 Å². The molecule has 0 N–H and O–H groups in total. The van der Waals surface area contributed by atoms with Gasteiger partial charge in [-0.3, -0.25) is 4.79 Å². The fourth-order valence-electron chi connectivity index (χ4n) is 4.21. The zero-order valence-corrected chi connectivity index (χ0v) is 13.5. The van der Waals surface area contributed by atoms with Crippen LogP contribution >= 0.6 is 0 Å². The molecule has 0 unspecified atom stereocenters. The standard InChI is InChI=1S/C19H21NO3/c1-12(2)10-17-19-9-8-15(23-19)11-16(19)18(21)20(17)13-4-6-14(22-3)7-5-13/h4-9,15-17H,1,10-11H2,2-3H3/t15-,16+,17-,19+/m1/s1. The average molecular weight is 311 g/mol. The van der Waals surface area contributed by atoms with E-state index in [4.69, 9.17) is 9.47 Å². The largest absolute Gasteiger partial charge is 0.497 e. The number of fused-ring (bicyclic) bond motifs is 1. The maximum Gasteiger partial charge on any atom is 0.233 e. The van der Waals surface area contributed by atoms with E-state index in [0.717, 1.165) is 29.9 Å². The molecule has 1 amide bonds. The molecule has 23 heavy (non-hydrogen) atoms. The molecule has 4 atom stereocenters. The van der Waals surface area contributed by atoms with Crippen molar-refractivity contribution in [3.05, 3.63) is 48.6 Å². The third-order valence-corrected chi connectivity index (χ3v) is 5.20.